The maximum atomic E-state index is 12.7. The molecule has 0 aliphatic carbocycles. The minimum absolute atomic E-state index is 0.0482. The normalized spacial score (nSPS) is 13.8. The number of hydrogen-bond acceptors (Lipinski definition) is 8. The fourth-order valence-corrected chi connectivity index (χ4v) is 7.69. The number of allylic oxidation sites excluding steroid dienone is 14. The number of carbonyl (C=O) groups excluding carboxylic acids is 2. The van der Waals surface area contributed by atoms with Crippen molar-refractivity contribution in [2.75, 3.05) is 26.4 Å². The van der Waals surface area contributed by atoms with Crippen LogP contribution in [0.1, 0.15) is 219 Å². The van der Waals surface area contributed by atoms with Crippen molar-refractivity contribution in [1.82, 2.24) is 0 Å². The van der Waals surface area contributed by atoms with E-state index in [1.165, 1.54) is 89.9 Å². The molecule has 0 aliphatic heterocycles. The SMILES string of the molecule is CC/C=C\C/C=C\C/C=C\C/C=C\C/C=C\CCCCCCCCCCCCCC(=O)OC(COC(=O)CCCCCCCCC/C=C\C/C=C\CCCCC)COP(=O)(O)OCCN. The van der Waals surface area contributed by atoms with Crippen molar-refractivity contribution >= 4 is 19.8 Å². The van der Waals surface area contributed by atoms with E-state index >= 15 is 0 Å². The highest BCUT2D eigenvalue weighted by molar-refractivity contribution is 7.47. The monoisotopic (exact) mass is 930 g/mol. The van der Waals surface area contributed by atoms with Crippen LogP contribution in [-0.4, -0.2) is 49.3 Å². The summed E-state index contributed by atoms with van der Waals surface area (Å²) in [5.74, 6) is -0.842. The highest BCUT2D eigenvalue weighted by Gasteiger charge is 2.26. The zero-order valence-electron chi connectivity index (χ0n) is 41.4. The molecule has 0 aromatic heterocycles. The van der Waals surface area contributed by atoms with Crippen LogP contribution in [0.25, 0.3) is 0 Å². The summed E-state index contributed by atoms with van der Waals surface area (Å²) in [5, 5.41) is 0. The van der Waals surface area contributed by atoms with Gasteiger partial charge in [-0.15, -0.1) is 0 Å². The van der Waals surface area contributed by atoms with Crippen molar-refractivity contribution in [2.24, 2.45) is 5.73 Å². The summed E-state index contributed by atoms with van der Waals surface area (Å²) in [6.07, 6.45) is 64.7. The number of ether oxygens (including phenoxy) is 2. The predicted molar refractivity (Wildman–Crippen MR) is 275 cm³/mol. The second kappa shape index (κ2) is 50.6. The van der Waals surface area contributed by atoms with Crippen LogP contribution in [0.4, 0.5) is 0 Å². The molecule has 0 saturated heterocycles. The first-order chi connectivity index (χ1) is 31.8. The molecule has 3 N–H and O–H groups in total. The zero-order chi connectivity index (χ0) is 47.4. The zero-order valence-corrected chi connectivity index (χ0v) is 42.3. The van der Waals surface area contributed by atoms with E-state index in [2.05, 4.69) is 98.9 Å². The second-order valence-corrected chi connectivity index (χ2v) is 18.5. The van der Waals surface area contributed by atoms with Crippen LogP contribution < -0.4 is 5.73 Å². The van der Waals surface area contributed by atoms with Crippen molar-refractivity contribution in [3.8, 4) is 0 Å². The number of phosphoric acid groups is 1. The van der Waals surface area contributed by atoms with E-state index in [0.29, 0.717) is 6.42 Å². The molecule has 0 saturated carbocycles. The first kappa shape index (κ1) is 62.2. The van der Waals surface area contributed by atoms with Gasteiger partial charge < -0.3 is 20.1 Å². The number of unbranched alkanes of at least 4 members (excludes halogenated alkanes) is 21. The molecule has 0 radical (unpaired) electrons. The number of rotatable bonds is 48. The van der Waals surface area contributed by atoms with Crippen LogP contribution in [0.5, 0.6) is 0 Å². The van der Waals surface area contributed by atoms with Gasteiger partial charge in [-0.1, -0.05) is 202 Å². The standard InChI is InChI=1S/C55H96NO8P/c1-3-5-7-9-11-13-15-17-19-21-22-23-24-25-26-27-28-29-30-32-34-36-38-40-42-44-46-48-55(58)64-53(52-63-65(59,60)62-50-49-56)51-61-54(57)47-45-43-41-39-37-35-33-31-20-18-16-14-12-10-8-6-4-2/h5,7,11-14,17-20,22-23,25-26,53H,3-4,6,8-10,15-16,21,24,27-52,56H2,1-2H3,(H,59,60)/b7-5-,13-11-,14-12-,19-17-,20-18-,23-22-,26-25-. The fraction of sp³-hybridized carbons (Fsp3) is 0.709. The lowest BCUT2D eigenvalue weighted by Crippen LogP contribution is -2.29. The van der Waals surface area contributed by atoms with Gasteiger partial charge in [-0.25, -0.2) is 4.57 Å². The lowest BCUT2D eigenvalue weighted by atomic mass is 10.0. The Morgan fingerprint density at radius 1 is 0.477 bits per heavy atom. The molecule has 0 heterocycles. The third-order valence-corrected chi connectivity index (χ3v) is 11.7. The summed E-state index contributed by atoms with van der Waals surface area (Å²) in [6, 6.07) is 0. The van der Waals surface area contributed by atoms with E-state index in [1.54, 1.807) is 0 Å². The van der Waals surface area contributed by atoms with Gasteiger partial charge in [0.1, 0.15) is 6.61 Å². The van der Waals surface area contributed by atoms with Crippen molar-refractivity contribution in [3.63, 3.8) is 0 Å². The van der Waals surface area contributed by atoms with E-state index in [0.717, 1.165) is 96.3 Å². The molecule has 0 fully saturated rings. The Hall–Kier alpha value is -2.81. The van der Waals surface area contributed by atoms with Gasteiger partial charge in [-0.3, -0.25) is 18.6 Å². The van der Waals surface area contributed by atoms with Crippen LogP contribution in [0.2, 0.25) is 0 Å². The Kier molecular flexibility index (Phi) is 48.4. The molecule has 0 aromatic rings. The van der Waals surface area contributed by atoms with Gasteiger partial charge in [0.05, 0.1) is 13.2 Å². The van der Waals surface area contributed by atoms with Crippen LogP contribution in [0.15, 0.2) is 85.1 Å². The highest BCUT2D eigenvalue weighted by Crippen LogP contribution is 2.43. The number of esters is 2. The molecule has 0 amide bonds. The number of hydrogen-bond donors (Lipinski definition) is 2. The Balaban J connectivity index is 4.05. The molecule has 0 bridgehead atoms. The summed E-state index contributed by atoms with van der Waals surface area (Å²) in [6.45, 7) is 3.59. The molecule has 10 heteroatoms. The first-order valence-electron chi connectivity index (χ1n) is 26.1. The molecule has 9 nitrogen and oxygen atoms in total. The Morgan fingerprint density at radius 3 is 1.26 bits per heavy atom. The summed E-state index contributed by atoms with van der Waals surface area (Å²) in [5.41, 5.74) is 5.37. The quantitative estimate of drug-likeness (QED) is 0.0265. The third-order valence-electron chi connectivity index (χ3n) is 10.8. The minimum Gasteiger partial charge on any atom is -0.462 e. The second-order valence-electron chi connectivity index (χ2n) is 17.0. The van der Waals surface area contributed by atoms with E-state index in [4.69, 9.17) is 24.3 Å². The van der Waals surface area contributed by atoms with Crippen molar-refractivity contribution in [3.05, 3.63) is 85.1 Å². The average Bonchev–Trinajstić information content (AvgIpc) is 3.30. The Bertz CT molecular complexity index is 1340. The first-order valence-corrected chi connectivity index (χ1v) is 27.6. The third kappa shape index (κ3) is 50.4. The highest BCUT2D eigenvalue weighted by atomic mass is 31.2. The van der Waals surface area contributed by atoms with Gasteiger partial charge >= 0.3 is 19.8 Å². The van der Waals surface area contributed by atoms with Crippen molar-refractivity contribution < 1.29 is 37.6 Å². The molecule has 2 atom stereocenters. The van der Waals surface area contributed by atoms with Crippen molar-refractivity contribution in [1.29, 1.82) is 0 Å². The molecular weight excluding hydrogens is 834 g/mol. The average molecular weight is 930 g/mol. The molecule has 0 aromatic carbocycles. The van der Waals surface area contributed by atoms with E-state index in [-0.39, 0.29) is 32.6 Å². The van der Waals surface area contributed by atoms with Crippen LogP contribution in [0, 0.1) is 0 Å². The van der Waals surface area contributed by atoms with Gasteiger partial charge in [0.25, 0.3) is 0 Å². The Labute approximate surface area is 398 Å². The van der Waals surface area contributed by atoms with E-state index in [9.17, 15) is 19.0 Å². The van der Waals surface area contributed by atoms with Gasteiger partial charge in [0.2, 0.25) is 0 Å². The van der Waals surface area contributed by atoms with Gasteiger partial charge in [0, 0.05) is 19.4 Å². The molecule has 0 aliphatic rings. The Morgan fingerprint density at radius 2 is 0.846 bits per heavy atom. The number of phosphoric ester groups is 1. The number of nitrogens with two attached hydrogens (primary N) is 1. The van der Waals surface area contributed by atoms with Crippen LogP contribution >= 0.6 is 7.82 Å². The smallest absolute Gasteiger partial charge is 0.462 e. The molecule has 65 heavy (non-hydrogen) atoms. The minimum atomic E-state index is -4.39. The topological polar surface area (TPSA) is 134 Å². The molecule has 2 unspecified atom stereocenters. The maximum Gasteiger partial charge on any atom is 0.472 e. The van der Waals surface area contributed by atoms with Crippen LogP contribution in [0.3, 0.4) is 0 Å². The van der Waals surface area contributed by atoms with Gasteiger partial charge in [-0.2, -0.15) is 0 Å². The fourth-order valence-electron chi connectivity index (χ4n) is 6.93. The van der Waals surface area contributed by atoms with Gasteiger partial charge in [-0.05, 0) is 89.9 Å². The summed E-state index contributed by atoms with van der Waals surface area (Å²) < 4.78 is 32.9. The van der Waals surface area contributed by atoms with Crippen LogP contribution in [-0.2, 0) is 32.7 Å². The van der Waals surface area contributed by atoms with Gasteiger partial charge in [0.15, 0.2) is 6.10 Å². The predicted octanol–water partition coefficient (Wildman–Crippen LogP) is 16.0. The maximum absolute atomic E-state index is 12.7. The summed E-state index contributed by atoms with van der Waals surface area (Å²) in [7, 11) is -4.39. The van der Waals surface area contributed by atoms with E-state index in [1.807, 2.05) is 0 Å². The number of carbonyl (C=O) groups is 2. The molecule has 374 valence electrons. The van der Waals surface area contributed by atoms with Crippen molar-refractivity contribution in [2.45, 2.75) is 225 Å². The molecular formula is C55H96NO8P. The lowest BCUT2D eigenvalue weighted by molar-refractivity contribution is -0.161. The summed E-state index contributed by atoms with van der Waals surface area (Å²) in [4.78, 5) is 35.1. The lowest BCUT2D eigenvalue weighted by Gasteiger charge is -2.19. The summed E-state index contributed by atoms with van der Waals surface area (Å²) >= 11 is 0. The largest absolute Gasteiger partial charge is 0.472 e. The van der Waals surface area contributed by atoms with E-state index < -0.39 is 32.5 Å². The molecule has 0 rings (SSSR count). The molecule has 0 spiro atoms.